The van der Waals surface area contributed by atoms with Crippen LogP contribution >= 0.6 is 11.6 Å². The molecule has 140 valence electrons. The highest BCUT2D eigenvalue weighted by Gasteiger charge is 2.17. The van der Waals surface area contributed by atoms with E-state index >= 15 is 0 Å². The molecule has 1 amide bonds. The van der Waals surface area contributed by atoms with Gasteiger partial charge in [0.25, 0.3) is 5.91 Å². The maximum atomic E-state index is 12.2. The van der Waals surface area contributed by atoms with Crippen molar-refractivity contribution in [2.45, 2.75) is 18.9 Å². The first-order valence-electron chi connectivity index (χ1n) is 8.53. The lowest BCUT2D eigenvalue weighted by Crippen LogP contribution is -2.26. The smallest absolute Gasteiger partial charge is 0.273 e. The topological polar surface area (TPSA) is 101 Å². The van der Waals surface area contributed by atoms with Gasteiger partial charge in [0.05, 0.1) is 6.04 Å². The van der Waals surface area contributed by atoms with Gasteiger partial charge in [-0.15, -0.1) is 0 Å². The summed E-state index contributed by atoms with van der Waals surface area (Å²) in [6, 6.07) is 13.8. The molecule has 1 unspecified atom stereocenters. The summed E-state index contributed by atoms with van der Waals surface area (Å²) in [5.74, 6) is 0.173. The SMILES string of the molecule is NC(Cc1ccc(O)cc1)c1nc(C(=O)NCCc2cccc(Cl)c2)co1. The first-order valence-corrected chi connectivity index (χ1v) is 8.90. The molecule has 1 aromatic heterocycles. The van der Waals surface area contributed by atoms with Crippen molar-refractivity contribution >= 4 is 17.5 Å². The molecule has 1 heterocycles. The number of phenolic OH excluding ortho intramolecular Hbond substituents is 1. The van der Waals surface area contributed by atoms with Crippen molar-refractivity contribution in [1.82, 2.24) is 10.3 Å². The molecule has 4 N–H and O–H groups in total. The summed E-state index contributed by atoms with van der Waals surface area (Å²) in [4.78, 5) is 16.4. The van der Waals surface area contributed by atoms with Crippen LogP contribution in [0.3, 0.4) is 0 Å². The van der Waals surface area contributed by atoms with Gasteiger partial charge in [0, 0.05) is 11.6 Å². The molecule has 27 heavy (non-hydrogen) atoms. The average Bonchev–Trinajstić information content (AvgIpc) is 3.14. The van der Waals surface area contributed by atoms with Crippen LogP contribution in [0.15, 0.2) is 59.2 Å². The number of carbonyl (C=O) groups is 1. The second-order valence-corrected chi connectivity index (χ2v) is 6.62. The Bertz CT molecular complexity index is 909. The number of oxazole rings is 1. The maximum absolute atomic E-state index is 12.2. The van der Waals surface area contributed by atoms with E-state index in [-0.39, 0.29) is 17.4 Å². The number of aromatic nitrogens is 1. The third-order valence-electron chi connectivity index (χ3n) is 4.05. The first kappa shape index (κ1) is 18.9. The van der Waals surface area contributed by atoms with Gasteiger partial charge in [0.2, 0.25) is 5.89 Å². The zero-order valence-corrected chi connectivity index (χ0v) is 15.3. The van der Waals surface area contributed by atoms with Crippen molar-refractivity contribution in [1.29, 1.82) is 0 Å². The Hall–Kier alpha value is -2.83. The van der Waals surface area contributed by atoms with Crippen LogP contribution in [0.1, 0.15) is 33.5 Å². The first-order chi connectivity index (χ1) is 13.0. The highest BCUT2D eigenvalue weighted by Crippen LogP contribution is 2.18. The molecule has 0 bridgehead atoms. The summed E-state index contributed by atoms with van der Waals surface area (Å²) in [6.07, 6.45) is 2.45. The molecule has 2 aromatic carbocycles. The lowest BCUT2D eigenvalue weighted by atomic mass is 10.1. The van der Waals surface area contributed by atoms with E-state index in [0.29, 0.717) is 30.3 Å². The van der Waals surface area contributed by atoms with Crippen molar-refractivity contribution < 1.29 is 14.3 Å². The minimum Gasteiger partial charge on any atom is -0.508 e. The van der Waals surface area contributed by atoms with Crippen LogP contribution in [-0.2, 0) is 12.8 Å². The Morgan fingerprint density at radius 1 is 1.22 bits per heavy atom. The highest BCUT2D eigenvalue weighted by atomic mass is 35.5. The Morgan fingerprint density at radius 3 is 2.74 bits per heavy atom. The second kappa shape index (κ2) is 8.70. The fraction of sp³-hybridized carbons (Fsp3) is 0.200. The number of hydrogen-bond donors (Lipinski definition) is 3. The van der Waals surface area contributed by atoms with E-state index in [1.54, 1.807) is 24.3 Å². The third kappa shape index (κ3) is 5.32. The summed E-state index contributed by atoms with van der Waals surface area (Å²) in [6.45, 7) is 0.459. The Balaban J connectivity index is 1.52. The maximum Gasteiger partial charge on any atom is 0.273 e. The van der Waals surface area contributed by atoms with Crippen LogP contribution in [0.25, 0.3) is 0 Å². The van der Waals surface area contributed by atoms with E-state index in [1.807, 2.05) is 24.3 Å². The Morgan fingerprint density at radius 2 is 2.00 bits per heavy atom. The fourth-order valence-corrected chi connectivity index (χ4v) is 2.85. The Kier molecular flexibility index (Phi) is 6.11. The van der Waals surface area contributed by atoms with Crippen molar-refractivity contribution in [2.24, 2.45) is 5.73 Å². The number of nitrogens with zero attached hydrogens (tertiary/aromatic N) is 1. The summed E-state index contributed by atoms with van der Waals surface area (Å²) >= 11 is 5.95. The number of phenols is 1. The minimum atomic E-state index is -0.484. The molecule has 0 aliphatic rings. The van der Waals surface area contributed by atoms with Crippen LogP contribution in [0.4, 0.5) is 0 Å². The number of benzene rings is 2. The molecule has 1 atom stereocenters. The fourth-order valence-electron chi connectivity index (χ4n) is 2.64. The third-order valence-corrected chi connectivity index (χ3v) is 4.29. The van der Waals surface area contributed by atoms with Crippen LogP contribution in [0.2, 0.25) is 5.02 Å². The molecule has 3 rings (SSSR count). The van der Waals surface area contributed by atoms with E-state index in [4.69, 9.17) is 21.8 Å². The van der Waals surface area contributed by atoms with Gasteiger partial charge in [-0.05, 0) is 48.2 Å². The number of amides is 1. The van der Waals surface area contributed by atoms with Gasteiger partial charge in [-0.25, -0.2) is 4.98 Å². The predicted molar refractivity (Wildman–Crippen MR) is 103 cm³/mol. The molecule has 0 radical (unpaired) electrons. The molecule has 0 saturated heterocycles. The van der Waals surface area contributed by atoms with Gasteiger partial charge in [0.15, 0.2) is 5.69 Å². The van der Waals surface area contributed by atoms with Gasteiger partial charge in [-0.3, -0.25) is 4.79 Å². The molecule has 0 aliphatic carbocycles. The van der Waals surface area contributed by atoms with Gasteiger partial charge < -0.3 is 20.6 Å². The quantitative estimate of drug-likeness (QED) is 0.579. The Labute approximate surface area is 162 Å². The largest absolute Gasteiger partial charge is 0.508 e. The van der Waals surface area contributed by atoms with Gasteiger partial charge >= 0.3 is 0 Å². The van der Waals surface area contributed by atoms with Crippen molar-refractivity contribution in [3.05, 3.63) is 82.5 Å². The molecule has 0 saturated carbocycles. The molecule has 0 fully saturated rings. The monoisotopic (exact) mass is 385 g/mol. The normalized spacial score (nSPS) is 11.9. The number of aromatic hydroxyl groups is 1. The minimum absolute atomic E-state index is 0.192. The summed E-state index contributed by atoms with van der Waals surface area (Å²) < 4.78 is 5.36. The zero-order chi connectivity index (χ0) is 19.2. The van der Waals surface area contributed by atoms with Crippen LogP contribution in [0.5, 0.6) is 5.75 Å². The van der Waals surface area contributed by atoms with E-state index < -0.39 is 6.04 Å². The van der Waals surface area contributed by atoms with Crippen LogP contribution < -0.4 is 11.1 Å². The molecule has 3 aromatic rings. The number of rotatable bonds is 7. The molecule has 6 nitrogen and oxygen atoms in total. The molecule has 0 spiro atoms. The predicted octanol–water partition coefficient (Wildman–Crippen LogP) is 3.25. The summed E-state index contributed by atoms with van der Waals surface area (Å²) in [5.41, 5.74) is 8.28. The highest BCUT2D eigenvalue weighted by molar-refractivity contribution is 6.30. The molecule has 7 heteroatoms. The van der Waals surface area contributed by atoms with Gasteiger partial charge in [0.1, 0.15) is 12.0 Å². The van der Waals surface area contributed by atoms with E-state index in [1.165, 1.54) is 6.26 Å². The van der Waals surface area contributed by atoms with E-state index in [9.17, 15) is 9.90 Å². The van der Waals surface area contributed by atoms with Gasteiger partial charge in [-0.2, -0.15) is 0 Å². The second-order valence-electron chi connectivity index (χ2n) is 6.18. The van der Waals surface area contributed by atoms with Crippen LogP contribution in [0, 0.1) is 0 Å². The molecular formula is C20H20ClN3O3. The average molecular weight is 386 g/mol. The number of carbonyl (C=O) groups excluding carboxylic acids is 1. The standard InChI is InChI=1S/C20H20ClN3O3/c21-15-3-1-2-13(10-15)8-9-23-19(26)18-12-27-20(24-18)17(22)11-14-4-6-16(25)7-5-14/h1-7,10,12,17,25H,8-9,11,22H2,(H,23,26). The lowest BCUT2D eigenvalue weighted by Gasteiger charge is -2.07. The van der Waals surface area contributed by atoms with Crippen molar-refractivity contribution in [2.75, 3.05) is 6.54 Å². The van der Waals surface area contributed by atoms with E-state index in [0.717, 1.165) is 11.1 Å². The molecular weight excluding hydrogens is 366 g/mol. The van der Waals surface area contributed by atoms with E-state index in [2.05, 4.69) is 10.3 Å². The lowest BCUT2D eigenvalue weighted by molar-refractivity contribution is 0.0949. The van der Waals surface area contributed by atoms with Gasteiger partial charge in [-0.1, -0.05) is 35.9 Å². The zero-order valence-electron chi connectivity index (χ0n) is 14.6. The van der Waals surface area contributed by atoms with Crippen LogP contribution in [-0.4, -0.2) is 22.5 Å². The number of nitrogens with one attached hydrogen (secondary N) is 1. The summed E-state index contributed by atoms with van der Waals surface area (Å²) in [7, 11) is 0. The molecule has 0 aliphatic heterocycles. The number of hydrogen-bond acceptors (Lipinski definition) is 5. The summed E-state index contributed by atoms with van der Waals surface area (Å²) in [5, 5.41) is 12.8. The van der Waals surface area contributed by atoms with Crippen molar-refractivity contribution in [3.8, 4) is 5.75 Å². The van der Waals surface area contributed by atoms with Crippen molar-refractivity contribution in [3.63, 3.8) is 0 Å². The number of nitrogens with two attached hydrogens (primary N) is 1. The number of halogens is 1.